The maximum Gasteiger partial charge on any atom is 0.263 e. The Labute approximate surface area is 183 Å². The maximum atomic E-state index is 13.4. The highest BCUT2D eigenvalue weighted by Crippen LogP contribution is 2.25. The first kappa shape index (κ1) is 21.3. The molecule has 164 valence electrons. The Morgan fingerprint density at radius 1 is 1.13 bits per heavy atom. The molecule has 1 amide bonds. The standard InChI is InChI=1S/C22H27N5O3S/c1-3-16(2)20(24-21-17-8-4-5-9-18(17)31(29,30)25-21)22(28)27-14-12-26(13-15-27)19-10-6-7-11-23-19/h4-11,16,20H,3,12-15H2,1-2H3,(H,24,25). The van der Waals surface area contributed by atoms with E-state index in [4.69, 9.17) is 0 Å². The predicted octanol–water partition coefficient (Wildman–Crippen LogP) is 1.88. The number of hydrogen-bond donors (Lipinski definition) is 1. The average Bonchev–Trinajstić information content (AvgIpc) is 3.07. The molecule has 2 aliphatic heterocycles. The van der Waals surface area contributed by atoms with Crippen molar-refractivity contribution in [2.24, 2.45) is 10.9 Å². The largest absolute Gasteiger partial charge is 0.353 e. The van der Waals surface area contributed by atoms with E-state index in [1.165, 1.54) is 0 Å². The molecule has 1 saturated heterocycles. The summed E-state index contributed by atoms with van der Waals surface area (Å²) in [5.41, 5.74) is 0.517. The molecule has 0 aliphatic carbocycles. The minimum Gasteiger partial charge on any atom is -0.353 e. The third kappa shape index (κ3) is 4.27. The Kier molecular flexibility index (Phi) is 5.95. The fourth-order valence-corrected chi connectivity index (χ4v) is 5.14. The SMILES string of the molecule is CCC(C)C(N=C1NS(=O)(=O)c2ccccc21)C(=O)N1CCN(c2ccccn2)CC1. The molecule has 2 aliphatic rings. The van der Waals surface area contributed by atoms with E-state index >= 15 is 0 Å². The minimum atomic E-state index is -3.64. The number of carbonyl (C=O) groups excluding carboxylic acids is 1. The van der Waals surface area contributed by atoms with Crippen molar-refractivity contribution in [2.75, 3.05) is 31.1 Å². The summed E-state index contributed by atoms with van der Waals surface area (Å²) in [5, 5.41) is 0. The lowest BCUT2D eigenvalue weighted by molar-refractivity contribution is -0.133. The molecule has 1 N–H and O–H groups in total. The Morgan fingerprint density at radius 3 is 2.52 bits per heavy atom. The monoisotopic (exact) mass is 441 g/mol. The molecule has 0 spiro atoms. The topological polar surface area (TPSA) is 95.0 Å². The first-order valence-electron chi connectivity index (χ1n) is 10.6. The lowest BCUT2D eigenvalue weighted by atomic mass is 9.97. The number of aromatic nitrogens is 1. The van der Waals surface area contributed by atoms with Gasteiger partial charge in [-0.15, -0.1) is 0 Å². The first-order chi connectivity index (χ1) is 14.9. The van der Waals surface area contributed by atoms with Gasteiger partial charge in [0, 0.05) is 37.9 Å². The van der Waals surface area contributed by atoms with Gasteiger partial charge in [0.25, 0.3) is 10.0 Å². The van der Waals surface area contributed by atoms with Crippen LogP contribution in [0.25, 0.3) is 0 Å². The number of anilines is 1. The number of nitrogens with one attached hydrogen (secondary N) is 1. The van der Waals surface area contributed by atoms with Crippen LogP contribution in [0, 0.1) is 5.92 Å². The number of aliphatic imine (C=N–C) groups is 1. The van der Waals surface area contributed by atoms with Gasteiger partial charge in [-0.2, -0.15) is 0 Å². The number of amides is 1. The Hall–Kier alpha value is -2.94. The van der Waals surface area contributed by atoms with Crippen molar-refractivity contribution in [3.63, 3.8) is 0 Å². The Morgan fingerprint density at radius 2 is 1.84 bits per heavy atom. The van der Waals surface area contributed by atoms with Gasteiger partial charge in [0.05, 0.1) is 4.90 Å². The van der Waals surface area contributed by atoms with Gasteiger partial charge in [-0.1, -0.05) is 38.5 Å². The van der Waals surface area contributed by atoms with E-state index in [-0.39, 0.29) is 22.6 Å². The molecule has 8 nitrogen and oxygen atoms in total. The fourth-order valence-electron chi connectivity index (χ4n) is 3.90. The summed E-state index contributed by atoms with van der Waals surface area (Å²) >= 11 is 0. The van der Waals surface area contributed by atoms with E-state index in [0.717, 1.165) is 12.2 Å². The molecular weight excluding hydrogens is 414 g/mol. The highest BCUT2D eigenvalue weighted by Gasteiger charge is 2.35. The quantitative estimate of drug-likeness (QED) is 0.765. The molecule has 1 aromatic heterocycles. The second kappa shape index (κ2) is 8.66. The number of sulfonamides is 1. The minimum absolute atomic E-state index is 0.0221. The van der Waals surface area contributed by atoms with Crippen LogP contribution in [0.2, 0.25) is 0 Å². The normalized spacial score (nSPS) is 20.8. The van der Waals surface area contributed by atoms with Crippen LogP contribution in [0.15, 0.2) is 58.5 Å². The van der Waals surface area contributed by atoms with Crippen molar-refractivity contribution in [3.8, 4) is 0 Å². The van der Waals surface area contributed by atoms with Crippen molar-refractivity contribution in [1.82, 2.24) is 14.6 Å². The van der Waals surface area contributed by atoms with Crippen LogP contribution < -0.4 is 9.62 Å². The highest BCUT2D eigenvalue weighted by atomic mass is 32.2. The zero-order valence-corrected chi connectivity index (χ0v) is 18.5. The molecule has 2 unspecified atom stereocenters. The van der Waals surface area contributed by atoms with E-state index in [9.17, 15) is 13.2 Å². The molecule has 2 atom stereocenters. The summed E-state index contributed by atoms with van der Waals surface area (Å²) in [6.45, 7) is 6.54. The van der Waals surface area contributed by atoms with Crippen LogP contribution in [0.4, 0.5) is 5.82 Å². The van der Waals surface area contributed by atoms with E-state index in [2.05, 4.69) is 19.6 Å². The summed E-state index contributed by atoms with van der Waals surface area (Å²) in [6.07, 6.45) is 2.53. The summed E-state index contributed by atoms with van der Waals surface area (Å²) in [5.74, 6) is 1.07. The smallest absolute Gasteiger partial charge is 0.263 e. The molecule has 1 aromatic carbocycles. The zero-order valence-electron chi connectivity index (χ0n) is 17.7. The van der Waals surface area contributed by atoms with Crippen molar-refractivity contribution < 1.29 is 13.2 Å². The van der Waals surface area contributed by atoms with E-state index in [1.54, 1.807) is 30.5 Å². The van der Waals surface area contributed by atoms with Crippen LogP contribution in [0.3, 0.4) is 0 Å². The number of piperazine rings is 1. The molecule has 3 heterocycles. The van der Waals surface area contributed by atoms with Gasteiger partial charge in [-0.3, -0.25) is 14.5 Å². The number of hydrogen-bond acceptors (Lipinski definition) is 6. The van der Waals surface area contributed by atoms with Crippen LogP contribution in [0.1, 0.15) is 25.8 Å². The van der Waals surface area contributed by atoms with Crippen molar-refractivity contribution >= 4 is 27.6 Å². The maximum absolute atomic E-state index is 13.4. The lowest BCUT2D eigenvalue weighted by Crippen LogP contribution is -2.52. The molecule has 4 rings (SSSR count). The number of fused-ring (bicyclic) bond motifs is 1. The Bertz CT molecular complexity index is 1080. The summed E-state index contributed by atoms with van der Waals surface area (Å²) in [7, 11) is -3.64. The zero-order chi connectivity index (χ0) is 22.0. The van der Waals surface area contributed by atoms with Crippen molar-refractivity contribution in [1.29, 1.82) is 0 Å². The number of rotatable bonds is 5. The number of benzene rings is 1. The van der Waals surface area contributed by atoms with Gasteiger partial charge in [0.2, 0.25) is 5.91 Å². The first-order valence-corrected chi connectivity index (χ1v) is 12.0. The van der Waals surface area contributed by atoms with Gasteiger partial charge in [-0.05, 0) is 30.2 Å². The van der Waals surface area contributed by atoms with Gasteiger partial charge in [0.15, 0.2) is 0 Å². The van der Waals surface area contributed by atoms with E-state index < -0.39 is 16.1 Å². The summed E-state index contributed by atoms with van der Waals surface area (Å²) in [4.78, 5) is 26.6. The molecule has 0 radical (unpaired) electrons. The average molecular weight is 442 g/mol. The summed E-state index contributed by atoms with van der Waals surface area (Å²) < 4.78 is 27.4. The second-order valence-electron chi connectivity index (χ2n) is 7.91. The number of nitrogens with zero attached hydrogens (tertiary/aromatic N) is 4. The van der Waals surface area contributed by atoms with Crippen molar-refractivity contribution in [3.05, 3.63) is 54.2 Å². The number of pyridine rings is 1. The molecular formula is C22H27N5O3S. The van der Waals surface area contributed by atoms with Crippen LogP contribution in [-0.2, 0) is 14.8 Å². The molecule has 9 heteroatoms. The second-order valence-corrected chi connectivity index (χ2v) is 9.56. The number of amidine groups is 1. The Balaban J connectivity index is 1.54. The summed E-state index contributed by atoms with van der Waals surface area (Å²) in [6, 6.07) is 11.9. The van der Waals surface area contributed by atoms with Crippen LogP contribution in [0.5, 0.6) is 0 Å². The third-order valence-electron chi connectivity index (χ3n) is 5.93. The predicted molar refractivity (Wildman–Crippen MR) is 120 cm³/mol. The van der Waals surface area contributed by atoms with Crippen LogP contribution in [-0.4, -0.2) is 62.3 Å². The van der Waals surface area contributed by atoms with Gasteiger partial charge in [0.1, 0.15) is 17.7 Å². The molecule has 0 bridgehead atoms. The van der Waals surface area contributed by atoms with Gasteiger partial charge < -0.3 is 9.80 Å². The molecule has 2 aromatic rings. The molecule has 31 heavy (non-hydrogen) atoms. The van der Waals surface area contributed by atoms with Crippen molar-refractivity contribution in [2.45, 2.75) is 31.2 Å². The van der Waals surface area contributed by atoms with E-state index in [0.29, 0.717) is 31.7 Å². The van der Waals surface area contributed by atoms with E-state index in [1.807, 2.05) is 36.9 Å². The lowest BCUT2D eigenvalue weighted by Gasteiger charge is -2.37. The molecule has 1 fully saturated rings. The molecule has 0 saturated carbocycles. The van der Waals surface area contributed by atoms with Crippen LogP contribution >= 0.6 is 0 Å². The van der Waals surface area contributed by atoms with Gasteiger partial charge in [-0.25, -0.2) is 13.4 Å². The fraction of sp³-hybridized carbons (Fsp3) is 0.409. The number of carbonyl (C=O) groups is 1. The third-order valence-corrected chi connectivity index (χ3v) is 7.33. The highest BCUT2D eigenvalue weighted by molar-refractivity contribution is 7.90. The van der Waals surface area contributed by atoms with Gasteiger partial charge >= 0.3 is 0 Å².